The third-order valence-electron chi connectivity index (χ3n) is 1.43. The van der Waals surface area contributed by atoms with Crippen molar-refractivity contribution in [2.45, 2.75) is 11.3 Å². The number of halogens is 4. The van der Waals surface area contributed by atoms with Gasteiger partial charge in [0.25, 0.3) is 6.43 Å². The normalized spacial score (nSPS) is 12.1. The molecule has 1 aromatic heterocycles. The summed E-state index contributed by atoms with van der Waals surface area (Å²) in [5.41, 5.74) is -0.673. The largest absolute Gasteiger partial charge is 0.281 e. The van der Waals surface area contributed by atoms with Gasteiger partial charge in [0, 0.05) is 0 Å². The Labute approximate surface area is 101 Å². The molecule has 84 valence electrons. The number of primary sulfonamides is 1. The smallest absolute Gasteiger partial charge is 0.239 e. The molecule has 0 atom stereocenters. The van der Waals surface area contributed by atoms with Crippen LogP contribution in [0.5, 0.6) is 0 Å². The minimum Gasteiger partial charge on any atom is -0.239 e. The van der Waals surface area contributed by atoms with Crippen LogP contribution in [0.3, 0.4) is 0 Å². The van der Waals surface area contributed by atoms with Crippen LogP contribution in [0, 0.1) is 0 Å². The van der Waals surface area contributed by atoms with E-state index in [0.717, 1.165) is 6.07 Å². The molecule has 15 heavy (non-hydrogen) atoms. The molecule has 0 fully saturated rings. The number of hydrogen-bond donors (Lipinski definition) is 1. The van der Waals surface area contributed by atoms with Crippen LogP contribution >= 0.6 is 31.9 Å². The number of hydrogen-bond acceptors (Lipinski definition) is 3. The molecule has 0 aliphatic heterocycles. The topological polar surface area (TPSA) is 73.1 Å². The molecule has 9 heteroatoms. The highest BCUT2D eigenvalue weighted by molar-refractivity contribution is 9.11. The van der Waals surface area contributed by atoms with Crippen LogP contribution < -0.4 is 5.14 Å². The average molecular weight is 366 g/mol. The Hall–Kier alpha value is -0.120. The number of rotatable bonds is 2. The molecule has 0 saturated heterocycles. The molecule has 2 N–H and O–H groups in total. The molecule has 0 saturated carbocycles. The van der Waals surface area contributed by atoms with Gasteiger partial charge in [-0.25, -0.2) is 27.3 Å². The van der Waals surface area contributed by atoms with Crippen molar-refractivity contribution in [1.82, 2.24) is 4.98 Å². The summed E-state index contributed by atoms with van der Waals surface area (Å²) in [6.07, 6.45) is -2.89. The van der Waals surface area contributed by atoms with E-state index >= 15 is 0 Å². The van der Waals surface area contributed by atoms with Gasteiger partial charge in [0.1, 0.15) is 15.2 Å². The molecule has 1 heterocycles. The Bertz CT molecular complexity index is 492. The lowest BCUT2D eigenvalue weighted by Crippen LogP contribution is -2.14. The Kier molecular flexibility index (Phi) is 3.80. The standard InChI is InChI=1S/C6H4Br2F2N2O2S/c7-3-1-2(15(11,13)14)4(8)5(12-3)6(9)10/h1,6H,(H2,11,13,14). The van der Waals surface area contributed by atoms with Crippen LogP contribution in [-0.2, 0) is 10.0 Å². The third kappa shape index (κ3) is 2.92. The average Bonchev–Trinajstić information content (AvgIpc) is 2.06. The number of alkyl halides is 2. The van der Waals surface area contributed by atoms with Gasteiger partial charge in [-0.1, -0.05) is 0 Å². The van der Waals surface area contributed by atoms with Crippen LogP contribution in [0.1, 0.15) is 12.1 Å². The van der Waals surface area contributed by atoms with Gasteiger partial charge in [-0.3, -0.25) is 0 Å². The number of nitrogens with zero attached hydrogens (tertiary/aromatic N) is 1. The quantitative estimate of drug-likeness (QED) is 0.816. The second kappa shape index (κ2) is 4.40. The maximum atomic E-state index is 12.4. The summed E-state index contributed by atoms with van der Waals surface area (Å²) >= 11 is 5.55. The number of sulfonamides is 1. The Morgan fingerprint density at radius 2 is 1.93 bits per heavy atom. The second-order valence-corrected chi connectivity index (χ2v) is 5.62. The van der Waals surface area contributed by atoms with E-state index in [1.165, 1.54) is 0 Å². The van der Waals surface area contributed by atoms with E-state index in [0.29, 0.717) is 0 Å². The van der Waals surface area contributed by atoms with E-state index in [1.807, 2.05) is 0 Å². The minimum absolute atomic E-state index is 0.0231. The van der Waals surface area contributed by atoms with Gasteiger partial charge < -0.3 is 0 Å². The van der Waals surface area contributed by atoms with Crippen LogP contribution in [0.2, 0.25) is 0 Å². The van der Waals surface area contributed by atoms with E-state index in [4.69, 9.17) is 5.14 Å². The van der Waals surface area contributed by atoms with Crippen molar-refractivity contribution in [2.75, 3.05) is 0 Å². The number of aromatic nitrogens is 1. The van der Waals surface area contributed by atoms with Crippen LogP contribution in [0.15, 0.2) is 20.0 Å². The first kappa shape index (κ1) is 12.9. The van der Waals surface area contributed by atoms with Crippen molar-refractivity contribution >= 4 is 41.9 Å². The van der Waals surface area contributed by atoms with Gasteiger partial charge in [0.15, 0.2) is 0 Å². The zero-order valence-electron chi connectivity index (χ0n) is 6.92. The Balaban J connectivity index is 3.56. The molecule has 0 aliphatic carbocycles. The summed E-state index contributed by atoms with van der Waals surface area (Å²) in [4.78, 5) is 3.02. The zero-order valence-corrected chi connectivity index (χ0v) is 10.9. The SMILES string of the molecule is NS(=O)(=O)c1cc(Br)nc(C(F)F)c1Br. The van der Waals surface area contributed by atoms with E-state index < -0.39 is 27.0 Å². The molecule has 0 bridgehead atoms. The lowest BCUT2D eigenvalue weighted by atomic mass is 10.4. The lowest BCUT2D eigenvalue weighted by Gasteiger charge is -2.07. The fourth-order valence-corrected chi connectivity index (χ4v) is 3.10. The highest BCUT2D eigenvalue weighted by Crippen LogP contribution is 2.32. The minimum atomic E-state index is -4.06. The van der Waals surface area contributed by atoms with Gasteiger partial charge in [-0.15, -0.1) is 0 Å². The second-order valence-electron chi connectivity index (χ2n) is 2.49. The summed E-state index contributed by atoms with van der Waals surface area (Å²) in [6, 6.07) is 1.05. The first-order chi connectivity index (χ1) is 6.73. The molecule has 0 amide bonds. The predicted molar refractivity (Wildman–Crippen MR) is 56.0 cm³/mol. The summed E-state index contributed by atoms with van der Waals surface area (Å²) < 4.78 is 46.6. The molecule has 0 radical (unpaired) electrons. The lowest BCUT2D eigenvalue weighted by molar-refractivity contribution is 0.144. The molecule has 0 aliphatic rings. The Morgan fingerprint density at radius 3 is 2.33 bits per heavy atom. The fourth-order valence-electron chi connectivity index (χ4n) is 0.846. The van der Waals surface area contributed by atoms with Gasteiger partial charge >= 0.3 is 0 Å². The maximum absolute atomic E-state index is 12.4. The van der Waals surface area contributed by atoms with Crippen LogP contribution in [0.25, 0.3) is 0 Å². The van der Waals surface area contributed by atoms with Crippen molar-refractivity contribution in [1.29, 1.82) is 0 Å². The zero-order chi connectivity index (χ0) is 11.8. The van der Waals surface area contributed by atoms with Crippen molar-refractivity contribution in [3.8, 4) is 0 Å². The Morgan fingerprint density at radius 1 is 1.40 bits per heavy atom. The maximum Gasteiger partial charge on any atom is 0.281 e. The van der Waals surface area contributed by atoms with Crippen molar-refractivity contribution in [3.05, 3.63) is 20.8 Å². The third-order valence-corrected chi connectivity index (χ3v) is 3.87. The van der Waals surface area contributed by atoms with Crippen molar-refractivity contribution in [3.63, 3.8) is 0 Å². The molecular weight excluding hydrogens is 362 g/mol. The van der Waals surface area contributed by atoms with Crippen LogP contribution in [-0.4, -0.2) is 13.4 Å². The first-order valence-electron chi connectivity index (χ1n) is 3.40. The molecule has 0 aromatic carbocycles. The van der Waals surface area contributed by atoms with Gasteiger partial charge in [-0.05, 0) is 37.9 Å². The summed E-state index contributed by atoms with van der Waals surface area (Å²) in [6.45, 7) is 0. The van der Waals surface area contributed by atoms with Crippen molar-refractivity contribution < 1.29 is 17.2 Å². The fraction of sp³-hybridized carbons (Fsp3) is 0.167. The highest BCUT2D eigenvalue weighted by Gasteiger charge is 2.22. The molecule has 0 spiro atoms. The monoisotopic (exact) mass is 364 g/mol. The summed E-state index contributed by atoms with van der Waals surface area (Å²) in [5, 5.41) is 4.84. The van der Waals surface area contributed by atoms with Gasteiger partial charge in [0.05, 0.1) is 4.47 Å². The van der Waals surface area contributed by atoms with Crippen LogP contribution in [0.4, 0.5) is 8.78 Å². The summed E-state index contributed by atoms with van der Waals surface area (Å²) in [7, 11) is -4.06. The molecule has 1 aromatic rings. The van der Waals surface area contributed by atoms with Gasteiger partial charge in [-0.2, -0.15) is 0 Å². The molecule has 0 unspecified atom stereocenters. The van der Waals surface area contributed by atoms with Crippen molar-refractivity contribution in [2.24, 2.45) is 5.14 Å². The van der Waals surface area contributed by atoms with E-state index in [9.17, 15) is 17.2 Å². The molecule has 4 nitrogen and oxygen atoms in total. The number of nitrogens with two attached hydrogens (primary N) is 1. The summed E-state index contributed by atoms with van der Waals surface area (Å²) in [5.74, 6) is 0. The van der Waals surface area contributed by atoms with E-state index in [-0.39, 0.29) is 9.08 Å². The molecular formula is C6H4Br2F2N2O2S. The molecule has 1 rings (SSSR count). The highest BCUT2D eigenvalue weighted by atomic mass is 79.9. The first-order valence-corrected chi connectivity index (χ1v) is 6.53. The van der Waals surface area contributed by atoms with E-state index in [2.05, 4.69) is 36.8 Å². The van der Waals surface area contributed by atoms with Gasteiger partial charge in [0.2, 0.25) is 10.0 Å². The predicted octanol–water partition coefficient (Wildman–Crippen LogP) is 2.19. The number of pyridine rings is 1. The van der Waals surface area contributed by atoms with E-state index in [1.54, 1.807) is 0 Å².